The number of nitrogens with zero attached hydrogens (tertiary/aromatic N) is 3. The zero-order valence-corrected chi connectivity index (χ0v) is 14.6. The minimum Gasteiger partial charge on any atom is -0.508 e. The van der Waals surface area contributed by atoms with Crippen LogP contribution >= 0.6 is 0 Å². The monoisotopic (exact) mass is 345 g/mol. The lowest BCUT2D eigenvalue weighted by molar-refractivity contribution is 0.450. The predicted octanol–water partition coefficient (Wildman–Crippen LogP) is 5.88. The first-order chi connectivity index (χ1) is 12.5. The topological polar surface area (TPSA) is 77.5 Å². The third-order valence-electron chi connectivity index (χ3n) is 3.93. The summed E-state index contributed by atoms with van der Waals surface area (Å²) < 4.78 is 0. The molecule has 3 rings (SSSR count). The maximum absolute atomic E-state index is 9.80. The molecule has 5 heteroatoms. The molecule has 130 valence electrons. The second-order valence-electron chi connectivity index (χ2n) is 5.96. The highest BCUT2D eigenvalue weighted by Crippen LogP contribution is 2.27. The smallest absolute Gasteiger partial charge is 0.128 e. The van der Waals surface area contributed by atoms with Crippen molar-refractivity contribution in [1.82, 2.24) is 0 Å². The van der Waals surface area contributed by atoms with Crippen molar-refractivity contribution in [2.75, 3.05) is 0 Å². The van der Waals surface area contributed by atoms with Crippen LogP contribution in [0.2, 0.25) is 0 Å². The van der Waals surface area contributed by atoms with Crippen LogP contribution in [0.3, 0.4) is 0 Å². The van der Waals surface area contributed by atoms with Crippen molar-refractivity contribution in [3.05, 3.63) is 77.4 Å². The van der Waals surface area contributed by atoms with E-state index in [1.165, 1.54) is 12.1 Å². The first-order valence-corrected chi connectivity index (χ1v) is 8.17. The highest BCUT2D eigenvalue weighted by molar-refractivity contribution is 5.86. The van der Waals surface area contributed by atoms with E-state index < -0.39 is 0 Å². The Kier molecular flexibility index (Phi) is 5.08. The van der Waals surface area contributed by atoms with Gasteiger partial charge in [-0.05, 0) is 61.4 Å². The zero-order chi connectivity index (χ0) is 18.5. The van der Waals surface area contributed by atoms with Crippen LogP contribution in [-0.4, -0.2) is 16.4 Å². The summed E-state index contributed by atoms with van der Waals surface area (Å²) in [6.07, 6.45) is 1.56. The number of azo groups is 1. The van der Waals surface area contributed by atoms with Crippen molar-refractivity contribution in [2.45, 2.75) is 13.8 Å². The van der Waals surface area contributed by atoms with Crippen LogP contribution in [0.25, 0.3) is 0 Å². The van der Waals surface area contributed by atoms with Gasteiger partial charge in [-0.2, -0.15) is 10.2 Å². The van der Waals surface area contributed by atoms with Crippen molar-refractivity contribution in [2.24, 2.45) is 15.2 Å². The summed E-state index contributed by atoms with van der Waals surface area (Å²) in [5, 5.41) is 27.7. The van der Waals surface area contributed by atoms with Crippen LogP contribution < -0.4 is 0 Å². The Morgan fingerprint density at radius 1 is 0.769 bits per heavy atom. The van der Waals surface area contributed by atoms with Gasteiger partial charge in [0, 0.05) is 17.8 Å². The molecular formula is C21H19N3O2. The summed E-state index contributed by atoms with van der Waals surface area (Å²) in [7, 11) is 0. The van der Waals surface area contributed by atoms with Gasteiger partial charge in [0.2, 0.25) is 0 Å². The SMILES string of the molecule is Cc1cc(N=Nc2ccccc2C)ccc1N=Cc1ccc(O)cc1O. The number of phenolic OH excluding ortho intramolecular Hbond substituents is 2. The maximum atomic E-state index is 9.80. The van der Waals surface area contributed by atoms with Crippen LogP contribution in [0.4, 0.5) is 17.1 Å². The number of rotatable bonds is 4. The molecule has 0 aromatic heterocycles. The number of hydrogen-bond donors (Lipinski definition) is 2. The molecule has 0 atom stereocenters. The highest BCUT2D eigenvalue weighted by atomic mass is 16.3. The van der Waals surface area contributed by atoms with E-state index in [9.17, 15) is 10.2 Å². The standard InChI is InChI=1S/C21H19N3O2/c1-14-5-3-4-6-20(14)24-23-17-8-10-19(15(2)11-17)22-13-16-7-9-18(25)12-21(16)26/h3-13,25-26H,1-2H3. The molecule has 0 saturated heterocycles. The van der Waals surface area contributed by atoms with E-state index in [1.54, 1.807) is 12.3 Å². The van der Waals surface area contributed by atoms with E-state index in [1.807, 2.05) is 56.3 Å². The maximum Gasteiger partial charge on any atom is 0.128 e. The lowest BCUT2D eigenvalue weighted by Gasteiger charge is -2.03. The molecule has 0 bridgehead atoms. The minimum absolute atomic E-state index is 0.0131. The number of aliphatic imine (C=N–C) groups is 1. The van der Waals surface area contributed by atoms with Crippen molar-refractivity contribution in [1.29, 1.82) is 0 Å². The molecule has 0 saturated carbocycles. The van der Waals surface area contributed by atoms with E-state index in [4.69, 9.17) is 0 Å². The Morgan fingerprint density at radius 2 is 1.58 bits per heavy atom. The Hall–Kier alpha value is -3.47. The van der Waals surface area contributed by atoms with Crippen molar-refractivity contribution >= 4 is 23.3 Å². The van der Waals surface area contributed by atoms with Crippen molar-refractivity contribution in [3.8, 4) is 11.5 Å². The average Bonchev–Trinajstić information content (AvgIpc) is 2.61. The average molecular weight is 345 g/mol. The molecule has 0 heterocycles. The second kappa shape index (κ2) is 7.61. The zero-order valence-electron chi connectivity index (χ0n) is 14.6. The van der Waals surface area contributed by atoms with E-state index in [0.717, 1.165) is 28.2 Å². The van der Waals surface area contributed by atoms with Gasteiger partial charge in [-0.1, -0.05) is 18.2 Å². The lowest BCUT2D eigenvalue weighted by atomic mass is 10.1. The first-order valence-electron chi connectivity index (χ1n) is 8.17. The highest BCUT2D eigenvalue weighted by Gasteiger charge is 2.02. The molecular weight excluding hydrogens is 326 g/mol. The van der Waals surface area contributed by atoms with Crippen LogP contribution in [0.5, 0.6) is 11.5 Å². The molecule has 5 nitrogen and oxygen atoms in total. The number of aromatic hydroxyl groups is 2. The Bertz CT molecular complexity index is 994. The van der Waals surface area contributed by atoms with Gasteiger partial charge in [0.1, 0.15) is 11.5 Å². The largest absolute Gasteiger partial charge is 0.508 e. The van der Waals surface area contributed by atoms with Gasteiger partial charge >= 0.3 is 0 Å². The van der Waals surface area contributed by atoms with E-state index in [2.05, 4.69) is 15.2 Å². The molecule has 3 aromatic carbocycles. The number of phenols is 2. The second-order valence-corrected chi connectivity index (χ2v) is 5.96. The van der Waals surface area contributed by atoms with Gasteiger partial charge in [0.05, 0.1) is 17.1 Å². The Labute approximate surface area is 152 Å². The van der Waals surface area contributed by atoms with Gasteiger partial charge in [-0.15, -0.1) is 0 Å². The van der Waals surface area contributed by atoms with Gasteiger partial charge in [0.15, 0.2) is 0 Å². The summed E-state index contributed by atoms with van der Waals surface area (Å²) in [5.74, 6) is -0.00532. The molecule has 0 radical (unpaired) electrons. The van der Waals surface area contributed by atoms with Crippen molar-refractivity contribution in [3.63, 3.8) is 0 Å². The summed E-state index contributed by atoms with van der Waals surface area (Å²) in [6, 6.07) is 17.8. The summed E-state index contributed by atoms with van der Waals surface area (Å²) in [4.78, 5) is 4.40. The Morgan fingerprint density at radius 3 is 2.31 bits per heavy atom. The first kappa shape index (κ1) is 17.4. The van der Waals surface area contributed by atoms with E-state index >= 15 is 0 Å². The molecule has 0 unspecified atom stereocenters. The molecule has 0 fully saturated rings. The van der Waals surface area contributed by atoms with Crippen LogP contribution in [0.15, 0.2) is 75.9 Å². The molecule has 2 N–H and O–H groups in total. The summed E-state index contributed by atoms with van der Waals surface area (Å²) in [6.45, 7) is 3.94. The number of aryl methyl sites for hydroxylation is 2. The van der Waals surface area contributed by atoms with Gasteiger partial charge in [-0.25, -0.2) is 0 Å². The van der Waals surface area contributed by atoms with Crippen LogP contribution in [0.1, 0.15) is 16.7 Å². The fourth-order valence-corrected chi connectivity index (χ4v) is 2.41. The van der Waals surface area contributed by atoms with Crippen molar-refractivity contribution < 1.29 is 10.2 Å². The van der Waals surface area contributed by atoms with Gasteiger partial charge in [-0.3, -0.25) is 4.99 Å². The Balaban J connectivity index is 1.79. The molecule has 0 spiro atoms. The molecule has 0 aliphatic rings. The third-order valence-corrected chi connectivity index (χ3v) is 3.93. The number of hydrogen-bond acceptors (Lipinski definition) is 5. The normalized spacial score (nSPS) is 11.5. The van der Waals surface area contributed by atoms with Crippen LogP contribution in [-0.2, 0) is 0 Å². The van der Waals surface area contributed by atoms with E-state index in [0.29, 0.717) is 5.56 Å². The lowest BCUT2D eigenvalue weighted by Crippen LogP contribution is -1.82. The fourth-order valence-electron chi connectivity index (χ4n) is 2.41. The van der Waals surface area contributed by atoms with Crippen LogP contribution in [0, 0.1) is 13.8 Å². The van der Waals surface area contributed by atoms with Gasteiger partial charge < -0.3 is 10.2 Å². The van der Waals surface area contributed by atoms with E-state index in [-0.39, 0.29) is 11.5 Å². The number of benzene rings is 3. The molecule has 0 amide bonds. The molecule has 0 aliphatic carbocycles. The molecule has 0 aliphatic heterocycles. The quantitative estimate of drug-likeness (QED) is 0.457. The predicted molar refractivity (Wildman–Crippen MR) is 104 cm³/mol. The molecule has 26 heavy (non-hydrogen) atoms. The summed E-state index contributed by atoms with van der Waals surface area (Å²) in [5.41, 5.74) is 4.91. The fraction of sp³-hybridized carbons (Fsp3) is 0.0952. The molecule has 3 aromatic rings. The summed E-state index contributed by atoms with van der Waals surface area (Å²) >= 11 is 0. The third kappa shape index (κ3) is 4.13. The van der Waals surface area contributed by atoms with Gasteiger partial charge in [0.25, 0.3) is 0 Å². The minimum atomic E-state index is -0.0185.